The quantitative estimate of drug-likeness (QED) is 0.0973. The number of primary amides is 1. The molecule has 50 heavy (non-hydrogen) atoms. The van der Waals surface area contributed by atoms with Crippen molar-refractivity contribution < 1.29 is 57.0 Å². The molecule has 16 heteroatoms. The Balaban J connectivity index is 1.52. The molecule has 5 aromatic rings. The number of phenols is 1. The van der Waals surface area contributed by atoms with Gasteiger partial charge in [-0.15, -0.1) is 0 Å². The van der Waals surface area contributed by atoms with E-state index in [9.17, 15) is 14.7 Å². The van der Waals surface area contributed by atoms with Crippen LogP contribution in [-0.2, 0) is 16.5 Å². The summed E-state index contributed by atoms with van der Waals surface area (Å²) in [5, 5.41) is 19.1. The number of nitrogens with two attached hydrogens (primary N) is 1. The summed E-state index contributed by atoms with van der Waals surface area (Å²) < 4.78 is 66.3. The third-order valence-corrected chi connectivity index (χ3v) is 6.86. The summed E-state index contributed by atoms with van der Waals surface area (Å²) in [6, 6.07) is 13.5. The van der Waals surface area contributed by atoms with Crippen molar-refractivity contribution in [1.82, 2.24) is 14.5 Å². The van der Waals surface area contributed by atoms with Crippen molar-refractivity contribution >= 4 is 11.9 Å². The second-order valence-electron chi connectivity index (χ2n) is 10.3. The molecule has 4 N–H and O–H groups in total. The van der Waals surface area contributed by atoms with Crippen LogP contribution in [-0.4, -0.2) is 70.2 Å². The third kappa shape index (κ3) is 8.05. The molecule has 2 heterocycles. The number of pyridine rings is 1. The molecule has 0 fully saturated rings. The van der Waals surface area contributed by atoms with Gasteiger partial charge in [0, 0.05) is 30.6 Å². The number of methoxy groups -OCH3 is 1. The lowest BCUT2D eigenvalue weighted by Crippen LogP contribution is -2.12. The molecule has 0 bridgehead atoms. The van der Waals surface area contributed by atoms with Gasteiger partial charge in [-0.3, -0.25) is 4.79 Å². The van der Waals surface area contributed by atoms with Crippen LogP contribution >= 0.6 is 0 Å². The molecule has 5 rings (SSSR count). The first kappa shape index (κ1) is 35.1. The van der Waals surface area contributed by atoms with Crippen molar-refractivity contribution in [3.05, 3.63) is 95.8 Å². The first-order chi connectivity index (χ1) is 24.1. The molecule has 2 aromatic heterocycles. The number of halogens is 2. The van der Waals surface area contributed by atoms with E-state index >= 15 is 8.78 Å². The van der Waals surface area contributed by atoms with Gasteiger partial charge in [-0.1, -0.05) is 12.1 Å². The standard InChI is InChI=1S/C34H30F2N4O10/c1-40-11-10-38-31(40)20-4-3-5-22(16-20)48-32-27(35)29(28(36)33(39-32)50-25-17-19(30(37)43)6-8-23(25)42)49-24-9-7-21(18-26(24)45-2)34(44)47-15-14-46-13-12-41/h3-11,16-18,41-42H,12-15H2,1-2H3,(H2,37,43). The van der Waals surface area contributed by atoms with Crippen molar-refractivity contribution in [2.45, 2.75) is 0 Å². The van der Waals surface area contributed by atoms with Gasteiger partial charge in [-0.05, 0) is 48.5 Å². The molecular formula is C34H30F2N4O10. The maximum Gasteiger partial charge on any atom is 0.338 e. The van der Waals surface area contributed by atoms with Crippen LogP contribution in [0.15, 0.2) is 73.1 Å². The Labute approximate surface area is 283 Å². The fourth-order valence-corrected chi connectivity index (χ4v) is 4.45. The normalized spacial score (nSPS) is 10.8. The van der Waals surface area contributed by atoms with Crippen molar-refractivity contribution in [2.24, 2.45) is 12.8 Å². The highest BCUT2D eigenvalue weighted by molar-refractivity contribution is 5.93. The number of nitrogens with zero attached hydrogens (tertiary/aromatic N) is 3. The van der Waals surface area contributed by atoms with E-state index in [1.807, 2.05) is 0 Å². The van der Waals surface area contributed by atoms with E-state index in [1.54, 1.807) is 42.2 Å². The Kier molecular flexibility index (Phi) is 11.0. The number of benzene rings is 3. The number of carbonyl (C=O) groups excluding carboxylic acids is 2. The topological polar surface area (TPSA) is 187 Å². The largest absolute Gasteiger partial charge is 0.504 e. The molecule has 0 saturated heterocycles. The minimum atomic E-state index is -1.46. The second kappa shape index (κ2) is 15.8. The summed E-state index contributed by atoms with van der Waals surface area (Å²) in [4.78, 5) is 32.4. The summed E-state index contributed by atoms with van der Waals surface area (Å²) >= 11 is 0. The van der Waals surface area contributed by atoms with Gasteiger partial charge in [0.25, 0.3) is 11.8 Å². The maximum atomic E-state index is 16.1. The van der Waals surface area contributed by atoms with Crippen molar-refractivity contribution in [3.63, 3.8) is 0 Å². The van der Waals surface area contributed by atoms with Gasteiger partial charge in [0.1, 0.15) is 18.2 Å². The smallest absolute Gasteiger partial charge is 0.338 e. The number of amides is 1. The first-order valence-electron chi connectivity index (χ1n) is 14.8. The fraction of sp³-hybridized carbons (Fsp3) is 0.176. The number of aliphatic hydroxyl groups is 1. The molecule has 0 saturated carbocycles. The van der Waals surface area contributed by atoms with Crippen molar-refractivity contribution in [1.29, 1.82) is 0 Å². The number of rotatable bonds is 15. The fourth-order valence-electron chi connectivity index (χ4n) is 4.45. The van der Waals surface area contributed by atoms with Gasteiger partial charge in [-0.2, -0.15) is 13.8 Å². The van der Waals surface area contributed by atoms with Crippen LogP contribution in [0.3, 0.4) is 0 Å². The molecule has 3 aromatic carbocycles. The highest BCUT2D eigenvalue weighted by atomic mass is 19.1. The van der Waals surface area contributed by atoms with Gasteiger partial charge in [0.05, 0.1) is 32.5 Å². The lowest BCUT2D eigenvalue weighted by molar-refractivity contribution is 0.0258. The van der Waals surface area contributed by atoms with E-state index in [2.05, 4.69) is 9.97 Å². The Hall–Kier alpha value is -6.26. The molecule has 0 radical (unpaired) electrons. The number of imidazole rings is 1. The molecule has 0 atom stereocenters. The number of aromatic nitrogens is 3. The molecule has 14 nitrogen and oxygen atoms in total. The van der Waals surface area contributed by atoms with Crippen LogP contribution in [0.5, 0.6) is 46.3 Å². The number of aromatic hydroxyl groups is 1. The zero-order chi connectivity index (χ0) is 35.8. The predicted octanol–water partition coefficient (Wildman–Crippen LogP) is 5.12. The lowest BCUT2D eigenvalue weighted by atomic mass is 10.2. The van der Waals surface area contributed by atoms with Crippen LogP contribution in [0, 0.1) is 11.6 Å². The van der Waals surface area contributed by atoms with Gasteiger partial charge < -0.3 is 48.9 Å². The van der Waals surface area contributed by atoms with Gasteiger partial charge in [0.15, 0.2) is 23.0 Å². The number of hydrogen-bond acceptors (Lipinski definition) is 12. The first-order valence-corrected chi connectivity index (χ1v) is 14.8. The van der Waals surface area contributed by atoms with Crippen LogP contribution in [0.25, 0.3) is 11.4 Å². The number of aryl methyl sites for hydroxylation is 1. The van der Waals surface area contributed by atoms with E-state index in [0.717, 1.165) is 12.1 Å². The zero-order valence-electron chi connectivity index (χ0n) is 26.6. The van der Waals surface area contributed by atoms with E-state index < -0.39 is 52.5 Å². The zero-order valence-corrected chi connectivity index (χ0v) is 26.6. The Morgan fingerprint density at radius 3 is 2.32 bits per heavy atom. The highest BCUT2D eigenvalue weighted by Crippen LogP contribution is 2.43. The van der Waals surface area contributed by atoms with Crippen LogP contribution in [0.4, 0.5) is 8.78 Å². The van der Waals surface area contributed by atoms with Crippen LogP contribution < -0.4 is 24.7 Å². The molecule has 0 aliphatic rings. The summed E-state index contributed by atoms with van der Waals surface area (Å²) in [7, 11) is 3.03. The average molecular weight is 693 g/mol. The predicted molar refractivity (Wildman–Crippen MR) is 171 cm³/mol. The Morgan fingerprint density at radius 1 is 0.880 bits per heavy atom. The lowest BCUT2D eigenvalue weighted by Gasteiger charge is -2.17. The van der Waals surface area contributed by atoms with Gasteiger partial charge in [0.2, 0.25) is 23.3 Å². The summed E-state index contributed by atoms with van der Waals surface area (Å²) in [5.41, 5.74) is 5.89. The number of carbonyl (C=O) groups is 2. The average Bonchev–Trinajstić information content (AvgIpc) is 3.55. The molecule has 0 unspecified atom stereocenters. The molecule has 0 aliphatic carbocycles. The number of aliphatic hydroxyl groups excluding tert-OH is 1. The van der Waals surface area contributed by atoms with E-state index in [-0.39, 0.29) is 54.8 Å². The summed E-state index contributed by atoms with van der Waals surface area (Å²) in [5.74, 6) is -7.84. The summed E-state index contributed by atoms with van der Waals surface area (Å²) in [6.45, 7) is -0.146. The number of phenolic OH excluding ortho intramolecular Hbond substituents is 1. The highest BCUT2D eigenvalue weighted by Gasteiger charge is 2.28. The molecule has 0 spiro atoms. The van der Waals surface area contributed by atoms with Crippen molar-refractivity contribution in [2.75, 3.05) is 33.5 Å². The number of esters is 1. The van der Waals surface area contributed by atoms with Crippen molar-refractivity contribution in [3.8, 4) is 57.6 Å². The van der Waals surface area contributed by atoms with Gasteiger partial charge >= 0.3 is 5.97 Å². The van der Waals surface area contributed by atoms with E-state index in [1.165, 1.54) is 37.4 Å². The summed E-state index contributed by atoms with van der Waals surface area (Å²) in [6.07, 6.45) is 3.33. The number of ether oxygens (including phenoxy) is 6. The van der Waals surface area contributed by atoms with Gasteiger partial charge in [-0.25, -0.2) is 9.78 Å². The minimum Gasteiger partial charge on any atom is -0.504 e. The maximum absolute atomic E-state index is 16.1. The van der Waals surface area contributed by atoms with Crippen LogP contribution in [0.1, 0.15) is 20.7 Å². The number of hydrogen-bond donors (Lipinski definition) is 3. The molecule has 1 amide bonds. The molecular weight excluding hydrogens is 662 g/mol. The van der Waals surface area contributed by atoms with E-state index in [4.69, 9.17) is 39.3 Å². The Morgan fingerprint density at radius 2 is 1.62 bits per heavy atom. The minimum absolute atomic E-state index is 0.0254. The molecule has 260 valence electrons. The second-order valence-corrected chi connectivity index (χ2v) is 10.3. The third-order valence-electron chi connectivity index (χ3n) is 6.86. The Bertz CT molecular complexity index is 2020. The van der Waals surface area contributed by atoms with E-state index in [0.29, 0.717) is 11.4 Å². The SMILES string of the molecule is COc1cc(C(=O)OCCOCCO)ccc1Oc1c(F)c(Oc2cccc(-c3nccn3C)c2)nc(Oc2cc(C(N)=O)ccc2O)c1F. The van der Waals surface area contributed by atoms with Crippen LogP contribution in [0.2, 0.25) is 0 Å². The monoisotopic (exact) mass is 692 g/mol. The molecule has 0 aliphatic heterocycles.